The average Bonchev–Trinajstić information content (AvgIpc) is 3.11. The summed E-state index contributed by atoms with van der Waals surface area (Å²) in [7, 11) is 0. The lowest BCUT2D eigenvalue weighted by Gasteiger charge is -2.25. The van der Waals surface area contributed by atoms with Crippen molar-refractivity contribution in [3.8, 4) is 11.1 Å². The fraction of sp³-hybridized carbons (Fsp3) is 0.400. The number of fused-ring (bicyclic) bond motifs is 3. The molecule has 1 atom stereocenters. The molecular weight excluding hydrogens is 424 g/mol. The SMILES string of the molecule is CCCC(C)(NC(=O)COCCNC(=O)OCC1c2ccccc2-c2ccccc21)C(=O)O. The number of carboxylic acids is 1. The van der Waals surface area contributed by atoms with E-state index in [-0.39, 0.29) is 32.3 Å². The minimum Gasteiger partial charge on any atom is -0.480 e. The van der Waals surface area contributed by atoms with Crippen LogP contribution in [0.4, 0.5) is 4.79 Å². The summed E-state index contributed by atoms with van der Waals surface area (Å²) >= 11 is 0. The van der Waals surface area contributed by atoms with Crippen molar-refractivity contribution in [3.63, 3.8) is 0 Å². The molecule has 0 bridgehead atoms. The number of rotatable bonds is 11. The second-order valence-corrected chi connectivity index (χ2v) is 8.24. The predicted octanol–water partition coefficient (Wildman–Crippen LogP) is 3.30. The summed E-state index contributed by atoms with van der Waals surface area (Å²) in [4.78, 5) is 35.5. The van der Waals surface area contributed by atoms with Crippen LogP contribution in [0, 0.1) is 0 Å². The van der Waals surface area contributed by atoms with Crippen LogP contribution in [-0.4, -0.2) is 55.0 Å². The van der Waals surface area contributed by atoms with E-state index in [2.05, 4.69) is 34.9 Å². The fourth-order valence-electron chi connectivity index (χ4n) is 4.11. The first-order valence-corrected chi connectivity index (χ1v) is 11.1. The van der Waals surface area contributed by atoms with Crippen LogP contribution in [-0.2, 0) is 19.1 Å². The van der Waals surface area contributed by atoms with Gasteiger partial charge in [0.25, 0.3) is 0 Å². The summed E-state index contributed by atoms with van der Waals surface area (Å²) in [6.45, 7) is 3.49. The maximum absolute atomic E-state index is 12.1. The van der Waals surface area contributed by atoms with Crippen LogP contribution in [0.1, 0.15) is 43.7 Å². The van der Waals surface area contributed by atoms with Crippen molar-refractivity contribution >= 4 is 18.0 Å². The minimum absolute atomic E-state index is 0.0187. The van der Waals surface area contributed by atoms with Crippen LogP contribution < -0.4 is 10.6 Å². The second-order valence-electron chi connectivity index (χ2n) is 8.24. The molecule has 0 saturated carbocycles. The van der Waals surface area contributed by atoms with Gasteiger partial charge in [-0.05, 0) is 35.6 Å². The molecule has 0 heterocycles. The molecule has 8 heteroatoms. The summed E-state index contributed by atoms with van der Waals surface area (Å²) < 4.78 is 10.7. The van der Waals surface area contributed by atoms with Crippen molar-refractivity contribution < 1.29 is 29.0 Å². The number of hydrogen-bond acceptors (Lipinski definition) is 5. The van der Waals surface area contributed by atoms with Crippen LogP contribution in [0.3, 0.4) is 0 Å². The van der Waals surface area contributed by atoms with Gasteiger partial charge in [0, 0.05) is 12.5 Å². The van der Waals surface area contributed by atoms with Crippen LogP contribution >= 0.6 is 0 Å². The van der Waals surface area contributed by atoms with Crippen LogP contribution in [0.5, 0.6) is 0 Å². The third kappa shape index (κ3) is 5.90. The van der Waals surface area contributed by atoms with E-state index in [1.54, 1.807) is 0 Å². The Labute approximate surface area is 193 Å². The second kappa shape index (κ2) is 11.0. The van der Waals surface area contributed by atoms with Gasteiger partial charge < -0.3 is 25.2 Å². The van der Waals surface area contributed by atoms with Gasteiger partial charge >= 0.3 is 12.1 Å². The predicted molar refractivity (Wildman–Crippen MR) is 123 cm³/mol. The number of carbonyl (C=O) groups is 3. The smallest absolute Gasteiger partial charge is 0.407 e. The molecule has 176 valence electrons. The van der Waals surface area contributed by atoms with Gasteiger partial charge in [-0.15, -0.1) is 0 Å². The zero-order valence-electron chi connectivity index (χ0n) is 18.9. The molecule has 2 aromatic rings. The monoisotopic (exact) mass is 454 g/mol. The Morgan fingerprint density at radius 3 is 2.21 bits per heavy atom. The Kier molecular flexibility index (Phi) is 8.06. The van der Waals surface area contributed by atoms with Crippen molar-refractivity contribution in [3.05, 3.63) is 59.7 Å². The molecule has 1 aliphatic carbocycles. The molecule has 0 aliphatic heterocycles. The minimum atomic E-state index is -1.32. The van der Waals surface area contributed by atoms with E-state index >= 15 is 0 Å². The van der Waals surface area contributed by atoms with Crippen LogP contribution in [0.15, 0.2) is 48.5 Å². The molecule has 8 nitrogen and oxygen atoms in total. The molecule has 1 aliphatic rings. The van der Waals surface area contributed by atoms with E-state index in [1.165, 1.54) is 6.92 Å². The van der Waals surface area contributed by atoms with Crippen molar-refractivity contribution in [2.45, 2.75) is 38.1 Å². The number of carbonyl (C=O) groups excluding carboxylic acids is 2. The first-order valence-electron chi connectivity index (χ1n) is 11.1. The molecule has 2 amide bonds. The summed E-state index contributed by atoms with van der Waals surface area (Å²) in [5, 5.41) is 14.4. The van der Waals surface area contributed by atoms with Crippen molar-refractivity contribution in [1.82, 2.24) is 10.6 Å². The molecule has 0 saturated heterocycles. The number of nitrogens with one attached hydrogen (secondary N) is 2. The molecule has 0 aromatic heterocycles. The molecule has 33 heavy (non-hydrogen) atoms. The molecule has 3 N–H and O–H groups in total. The highest BCUT2D eigenvalue weighted by Crippen LogP contribution is 2.44. The summed E-state index contributed by atoms with van der Waals surface area (Å²) in [5.41, 5.74) is 3.27. The highest BCUT2D eigenvalue weighted by Gasteiger charge is 2.33. The summed E-state index contributed by atoms with van der Waals surface area (Å²) in [6.07, 6.45) is 0.372. The molecule has 0 spiro atoms. The molecule has 0 fully saturated rings. The van der Waals surface area contributed by atoms with Gasteiger partial charge in [-0.1, -0.05) is 61.9 Å². The van der Waals surface area contributed by atoms with E-state index in [4.69, 9.17) is 9.47 Å². The van der Waals surface area contributed by atoms with E-state index in [0.29, 0.717) is 12.8 Å². The van der Waals surface area contributed by atoms with E-state index in [1.807, 2.05) is 31.2 Å². The van der Waals surface area contributed by atoms with E-state index in [9.17, 15) is 19.5 Å². The van der Waals surface area contributed by atoms with Gasteiger partial charge in [0.05, 0.1) is 6.61 Å². The van der Waals surface area contributed by atoms with E-state index < -0.39 is 23.5 Å². The maximum atomic E-state index is 12.1. The van der Waals surface area contributed by atoms with Gasteiger partial charge in [0.1, 0.15) is 18.8 Å². The molecular formula is C25H30N2O6. The molecule has 0 radical (unpaired) electrons. The third-order valence-corrected chi connectivity index (χ3v) is 5.73. The molecule has 3 rings (SSSR count). The van der Waals surface area contributed by atoms with Gasteiger partial charge in [-0.2, -0.15) is 0 Å². The molecule has 1 unspecified atom stereocenters. The van der Waals surface area contributed by atoms with Crippen LogP contribution in [0.2, 0.25) is 0 Å². The first kappa shape index (κ1) is 24.3. The standard InChI is InChI=1S/C25H30N2O6/c1-3-12-25(2,23(29)30)27-22(28)16-32-14-13-26-24(31)33-15-21-19-10-6-4-8-17(19)18-9-5-7-11-20(18)21/h4-11,21H,3,12-16H2,1-2H3,(H,26,31)(H,27,28)(H,29,30). The highest BCUT2D eigenvalue weighted by atomic mass is 16.5. The Hall–Kier alpha value is -3.39. The van der Waals surface area contributed by atoms with Crippen molar-refractivity contribution in [2.75, 3.05) is 26.4 Å². The number of ether oxygens (including phenoxy) is 2. The van der Waals surface area contributed by atoms with Gasteiger partial charge in [0.15, 0.2) is 0 Å². The zero-order chi connectivity index (χ0) is 23.8. The summed E-state index contributed by atoms with van der Waals surface area (Å²) in [6, 6.07) is 16.2. The van der Waals surface area contributed by atoms with Gasteiger partial charge in [-0.25, -0.2) is 9.59 Å². The third-order valence-electron chi connectivity index (χ3n) is 5.73. The topological polar surface area (TPSA) is 114 Å². The fourth-order valence-corrected chi connectivity index (χ4v) is 4.11. The van der Waals surface area contributed by atoms with Crippen molar-refractivity contribution in [2.24, 2.45) is 0 Å². The van der Waals surface area contributed by atoms with Crippen LogP contribution in [0.25, 0.3) is 11.1 Å². The Morgan fingerprint density at radius 2 is 1.64 bits per heavy atom. The lowest BCUT2D eigenvalue weighted by molar-refractivity contribution is -0.148. The Balaban J connectivity index is 1.39. The number of aliphatic carboxylic acids is 1. The Bertz CT molecular complexity index is 962. The lowest BCUT2D eigenvalue weighted by atomic mass is 9.96. The van der Waals surface area contributed by atoms with Gasteiger partial charge in [-0.3, -0.25) is 4.79 Å². The number of amides is 2. The first-order chi connectivity index (χ1) is 15.9. The summed E-state index contributed by atoms with van der Waals surface area (Å²) in [5.74, 6) is -1.63. The van der Waals surface area contributed by atoms with E-state index in [0.717, 1.165) is 22.3 Å². The number of benzene rings is 2. The molecule has 2 aromatic carbocycles. The van der Waals surface area contributed by atoms with Crippen molar-refractivity contribution in [1.29, 1.82) is 0 Å². The normalized spacial score (nSPS) is 14.0. The zero-order valence-corrected chi connectivity index (χ0v) is 18.9. The quantitative estimate of drug-likeness (QED) is 0.449. The average molecular weight is 455 g/mol. The lowest BCUT2D eigenvalue weighted by Crippen LogP contribution is -2.53. The van der Waals surface area contributed by atoms with Gasteiger partial charge in [0.2, 0.25) is 5.91 Å². The largest absolute Gasteiger partial charge is 0.480 e. The maximum Gasteiger partial charge on any atom is 0.407 e. The number of carboxylic acid groups (broad SMARTS) is 1. The Morgan fingerprint density at radius 1 is 1.03 bits per heavy atom. The number of alkyl carbamates (subject to hydrolysis) is 1. The highest BCUT2D eigenvalue weighted by molar-refractivity contribution is 5.87. The number of hydrogen-bond donors (Lipinski definition) is 3.